The molecule has 8 heteroatoms. The van der Waals surface area contributed by atoms with Gasteiger partial charge in [0.1, 0.15) is 0 Å². The molecule has 0 unspecified atom stereocenters. The average molecular weight is 364 g/mol. The monoisotopic (exact) mass is 363 g/mol. The molecule has 1 aromatic rings. The molecule has 6 nitrogen and oxygen atoms in total. The van der Waals surface area contributed by atoms with Crippen molar-refractivity contribution in [2.75, 3.05) is 18.9 Å². The van der Waals surface area contributed by atoms with E-state index in [4.69, 9.17) is 0 Å². The van der Waals surface area contributed by atoms with Crippen LogP contribution in [0.3, 0.4) is 0 Å². The Balaban J connectivity index is 0.00000484. The molecular weight excluding hydrogens is 338 g/mol. The van der Waals surface area contributed by atoms with Crippen LogP contribution < -0.4 is 15.4 Å². The first kappa shape index (κ1) is 21.9. The van der Waals surface area contributed by atoms with Crippen LogP contribution in [0.5, 0.6) is 0 Å². The van der Waals surface area contributed by atoms with E-state index in [0.717, 1.165) is 13.0 Å². The molecule has 0 spiro atoms. The number of sulfonamides is 1. The summed E-state index contributed by atoms with van der Waals surface area (Å²) in [6.45, 7) is 6.09. The average Bonchev–Trinajstić information content (AvgIpc) is 2.36. The van der Waals surface area contributed by atoms with Crippen LogP contribution in [0.2, 0.25) is 0 Å². The third-order valence-electron chi connectivity index (χ3n) is 2.70. The van der Waals surface area contributed by atoms with Gasteiger partial charge in [-0.2, -0.15) is 0 Å². The Labute approximate surface area is 144 Å². The molecular formula is C15H26ClN3O3S. The molecule has 0 atom stereocenters. The lowest BCUT2D eigenvalue weighted by Gasteiger charge is -2.20. The van der Waals surface area contributed by atoms with E-state index in [1.165, 1.54) is 12.1 Å². The lowest BCUT2D eigenvalue weighted by Crippen LogP contribution is -2.40. The fourth-order valence-corrected chi connectivity index (χ4v) is 3.32. The summed E-state index contributed by atoms with van der Waals surface area (Å²) in [5.74, 6) is -0.131. The third-order valence-corrected chi connectivity index (χ3v) is 4.45. The summed E-state index contributed by atoms with van der Waals surface area (Å²) >= 11 is 0. The van der Waals surface area contributed by atoms with Crippen LogP contribution in [0.1, 0.15) is 33.6 Å². The standard InChI is InChI=1S/C15H25N3O3S.ClH/c1-15(2,3)18-22(20,21)13-8-5-7-12(11-13)17-14(19)9-6-10-16-4;/h5,7-8,11,16,18H,6,9-10H2,1-4H3,(H,17,19);1H. The highest BCUT2D eigenvalue weighted by atomic mass is 35.5. The van der Waals surface area contributed by atoms with Crippen molar-refractivity contribution in [2.24, 2.45) is 0 Å². The summed E-state index contributed by atoms with van der Waals surface area (Å²) in [6, 6.07) is 6.25. The topological polar surface area (TPSA) is 87.3 Å². The van der Waals surface area contributed by atoms with Crippen LogP contribution >= 0.6 is 12.4 Å². The van der Waals surface area contributed by atoms with Crippen molar-refractivity contribution in [1.29, 1.82) is 0 Å². The number of amides is 1. The summed E-state index contributed by atoms with van der Waals surface area (Å²) < 4.78 is 27.1. The van der Waals surface area contributed by atoms with E-state index in [-0.39, 0.29) is 23.2 Å². The van der Waals surface area contributed by atoms with Gasteiger partial charge in [0.25, 0.3) is 0 Å². The van der Waals surface area contributed by atoms with Gasteiger partial charge in [-0.05, 0) is 59.0 Å². The highest BCUT2D eigenvalue weighted by Gasteiger charge is 2.22. The number of hydrogen-bond acceptors (Lipinski definition) is 4. The zero-order valence-corrected chi connectivity index (χ0v) is 15.6. The van der Waals surface area contributed by atoms with E-state index >= 15 is 0 Å². The molecule has 132 valence electrons. The number of benzene rings is 1. The van der Waals surface area contributed by atoms with Gasteiger partial charge in [0.05, 0.1) is 4.90 Å². The molecule has 23 heavy (non-hydrogen) atoms. The fraction of sp³-hybridized carbons (Fsp3) is 0.533. The fourth-order valence-electron chi connectivity index (χ4n) is 1.85. The van der Waals surface area contributed by atoms with E-state index < -0.39 is 15.6 Å². The maximum Gasteiger partial charge on any atom is 0.241 e. The largest absolute Gasteiger partial charge is 0.326 e. The Morgan fingerprint density at radius 3 is 2.43 bits per heavy atom. The second-order valence-electron chi connectivity index (χ2n) is 6.14. The minimum absolute atomic E-state index is 0. The summed E-state index contributed by atoms with van der Waals surface area (Å²) in [6.07, 6.45) is 1.12. The first-order valence-corrected chi connectivity index (χ1v) is 8.71. The van der Waals surface area contributed by atoms with Crippen molar-refractivity contribution in [3.8, 4) is 0 Å². The number of nitrogens with one attached hydrogen (secondary N) is 3. The number of anilines is 1. The number of carbonyl (C=O) groups excluding carboxylic acids is 1. The zero-order valence-electron chi connectivity index (χ0n) is 14.0. The van der Waals surface area contributed by atoms with E-state index in [1.54, 1.807) is 32.9 Å². The van der Waals surface area contributed by atoms with Gasteiger partial charge in [-0.3, -0.25) is 4.79 Å². The molecule has 0 aliphatic carbocycles. The predicted octanol–water partition coefficient (Wildman–Crippen LogP) is 2.12. The van der Waals surface area contributed by atoms with Crippen LogP contribution in [0.25, 0.3) is 0 Å². The molecule has 0 saturated heterocycles. The molecule has 0 aliphatic rings. The molecule has 3 N–H and O–H groups in total. The highest BCUT2D eigenvalue weighted by Crippen LogP contribution is 2.17. The summed E-state index contributed by atoms with van der Waals surface area (Å²) in [5.41, 5.74) is -0.0862. The number of hydrogen-bond donors (Lipinski definition) is 3. The van der Waals surface area contributed by atoms with E-state index in [9.17, 15) is 13.2 Å². The Hall–Kier alpha value is -1.15. The second-order valence-corrected chi connectivity index (χ2v) is 7.82. The van der Waals surface area contributed by atoms with Crippen molar-refractivity contribution in [1.82, 2.24) is 10.0 Å². The van der Waals surface area contributed by atoms with Gasteiger partial charge in [0, 0.05) is 17.6 Å². The second kappa shape index (κ2) is 9.22. The molecule has 1 aromatic carbocycles. The molecule has 1 amide bonds. The van der Waals surface area contributed by atoms with Gasteiger partial charge < -0.3 is 10.6 Å². The molecule has 0 aromatic heterocycles. The Morgan fingerprint density at radius 1 is 1.22 bits per heavy atom. The smallest absolute Gasteiger partial charge is 0.241 e. The zero-order chi connectivity index (χ0) is 16.8. The normalized spacial score (nSPS) is 11.7. The van der Waals surface area contributed by atoms with Gasteiger partial charge in [0.2, 0.25) is 15.9 Å². The first-order valence-electron chi connectivity index (χ1n) is 7.22. The van der Waals surface area contributed by atoms with E-state index in [1.807, 2.05) is 7.05 Å². The summed E-state index contributed by atoms with van der Waals surface area (Å²) in [5, 5.41) is 5.69. The number of halogens is 1. The van der Waals surface area contributed by atoms with E-state index in [0.29, 0.717) is 12.1 Å². The maximum absolute atomic E-state index is 12.3. The summed E-state index contributed by atoms with van der Waals surface area (Å²) in [4.78, 5) is 11.9. The predicted molar refractivity (Wildman–Crippen MR) is 95.6 cm³/mol. The number of carbonyl (C=O) groups is 1. The van der Waals surface area contributed by atoms with Crippen LogP contribution in [-0.2, 0) is 14.8 Å². The van der Waals surface area contributed by atoms with Crippen molar-refractivity contribution in [3.05, 3.63) is 24.3 Å². The van der Waals surface area contributed by atoms with Gasteiger partial charge >= 0.3 is 0 Å². The van der Waals surface area contributed by atoms with Crippen molar-refractivity contribution in [2.45, 2.75) is 44.0 Å². The molecule has 0 aliphatic heterocycles. The lowest BCUT2D eigenvalue weighted by atomic mass is 10.1. The molecule has 0 bridgehead atoms. The van der Waals surface area contributed by atoms with Crippen LogP contribution in [0.15, 0.2) is 29.2 Å². The number of rotatable bonds is 7. The van der Waals surface area contributed by atoms with E-state index in [2.05, 4.69) is 15.4 Å². The van der Waals surface area contributed by atoms with Crippen molar-refractivity contribution < 1.29 is 13.2 Å². The Morgan fingerprint density at radius 2 is 1.87 bits per heavy atom. The Bertz CT molecular complexity index is 613. The van der Waals surface area contributed by atoms with Gasteiger partial charge in [-0.15, -0.1) is 12.4 Å². The SMILES string of the molecule is CNCCCC(=O)Nc1cccc(S(=O)(=O)NC(C)(C)C)c1.Cl. The maximum atomic E-state index is 12.3. The molecule has 0 radical (unpaired) electrons. The van der Waals surface area contributed by atoms with Gasteiger partial charge in [-0.1, -0.05) is 6.07 Å². The quantitative estimate of drug-likeness (QED) is 0.647. The minimum Gasteiger partial charge on any atom is -0.326 e. The van der Waals surface area contributed by atoms with Crippen LogP contribution in [-0.4, -0.2) is 33.5 Å². The molecule has 0 fully saturated rings. The van der Waals surface area contributed by atoms with Crippen LogP contribution in [0, 0.1) is 0 Å². The highest BCUT2D eigenvalue weighted by molar-refractivity contribution is 7.89. The summed E-state index contributed by atoms with van der Waals surface area (Å²) in [7, 11) is -1.78. The van der Waals surface area contributed by atoms with Gasteiger partial charge in [-0.25, -0.2) is 13.1 Å². The Kier molecular flexibility index (Phi) is 8.76. The van der Waals surface area contributed by atoms with Crippen molar-refractivity contribution >= 4 is 34.0 Å². The lowest BCUT2D eigenvalue weighted by molar-refractivity contribution is -0.116. The first-order chi connectivity index (χ1) is 10.1. The minimum atomic E-state index is -3.61. The van der Waals surface area contributed by atoms with Crippen LogP contribution in [0.4, 0.5) is 5.69 Å². The third kappa shape index (κ3) is 8.31. The molecule has 0 saturated carbocycles. The van der Waals surface area contributed by atoms with Crippen molar-refractivity contribution in [3.63, 3.8) is 0 Å². The molecule has 0 heterocycles. The van der Waals surface area contributed by atoms with Gasteiger partial charge in [0.15, 0.2) is 0 Å². The molecule has 1 rings (SSSR count).